The summed E-state index contributed by atoms with van der Waals surface area (Å²) in [4.78, 5) is 25.3. The molecule has 2 unspecified atom stereocenters. The van der Waals surface area contributed by atoms with E-state index in [-0.39, 0.29) is 24.5 Å². The number of primary amides is 1. The van der Waals surface area contributed by atoms with Crippen LogP contribution in [0.5, 0.6) is 0 Å². The molecule has 0 aromatic heterocycles. The second kappa shape index (κ2) is 7.33. The number of nitrogens with two attached hydrogens (primary N) is 1. The first-order valence-corrected chi connectivity index (χ1v) is 6.94. The van der Waals surface area contributed by atoms with Crippen molar-refractivity contribution in [3.8, 4) is 0 Å². The van der Waals surface area contributed by atoms with E-state index in [1.54, 1.807) is 4.90 Å². The van der Waals surface area contributed by atoms with Crippen LogP contribution >= 0.6 is 0 Å². The standard InChI is InChI=1S/C13H25N3O3/c1-9(2)11(15-13(14)19)12(18)16-7-4-3-5-10(16)6-8-17/h9-11,17H,3-8H2,1-2H3,(H3,14,15,19). The minimum atomic E-state index is -0.678. The highest BCUT2D eigenvalue weighted by molar-refractivity contribution is 5.87. The molecule has 4 N–H and O–H groups in total. The quantitative estimate of drug-likeness (QED) is 0.677. The van der Waals surface area contributed by atoms with Crippen molar-refractivity contribution in [2.45, 2.75) is 51.6 Å². The van der Waals surface area contributed by atoms with Crippen molar-refractivity contribution in [1.29, 1.82) is 0 Å². The van der Waals surface area contributed by atoms with Crippen LogP contribution in [0.3, 0.4) is 0 Å². The number of piperidine rings is 1. The van der Waals surface area contributed by atoms with Crippen LogP contribution in [0.25, 0.3) is 0 Å². The molecule has 1 rings (SSSR count). The fourth-order valence-corrected chi connectivity index (χ4v) is 2.59. The largest absolute Gasteiger partial charge is 0.396 e. The number of rotatable bonds is 5. The highest BCUT2D eigenvalue weighted by Crippen LogP contribution is 2.21. The van der Waals surface area contributed by atoms with Gasteiger partial charge in [0.1, 0.15) is 6.04 Å². The molecule has 0 aromatic rings. The summed E-state index contributed by atoms with van der Waals surface area (Å²) < 4.78 is 0. The number of hydrogen-bond acceptors (Lipinski definition) is 3. The molecule has 1 saturated heterocycles. The first kappa shape index (κ1) is 15.8. The molecule has 6 nitrogen and oxygen atoms in total. The lowest BCUT2D eigenvalue weighted by Crippen LogP contribution is -2.56. The highest BCUT2D eigenvalue weighted by atomic mass is 16.3. The molecular formula is C13H25N3O3. The van der Waals surface area contributed by atoms with E-state index >= 15 is 0 Å². The average molecular weight is 271 g/mol. The van der Waals surface area contributed by atoms with Crippen molar-refractivity contribution in [1.82, 2.24) is 10.2 Å². The molecule has 0 saturated carbocycles. The van der Waals surface area contributed by atoms with Gasteiger partial charge in [-0.25, -0.2) is 4.79 Å². The lowest BCUT2D eigenvalue weighted by atomic mass is 9.96. The van der Waals surface area contributed by atoms with E-state index in [2.05, 4.69) is 5.32 Å². The maximum Gasteiger partial charge on any atom is 0.312 e. The van der Waals surface area contributed by atoms with Gasteiger partial charge in [0.2, 0.25) is 5.91 Å². The van der Waals surface area contributed by atoms with Crippen molar-refractivity contribution in [2.75, 3.05) is 13.2 Å². The predicted octanol–water partition coefficient (Wildman–Crippen LogP) is 0.443. The molecule has 3 amide bonds. The van der Waals surface area contributed by atoms with Crippen LogP contribution in [0, 0.1) is 5.92 Å². The minimum absolute atomic E-state index is 0.0169. The number of amides is 3. The van der Waals surface area contributed by atoms with Crippen LogP contribution in [-0.4, -0.2) is 47.2 Å². The predicted molar refractivity (Wildman–Crippen MR) is 72.4 cm³/mol. The maximum absolute atomic E-state index is 12.5. The van der Waals surface area contributed by atoms with Crippen LogP contribution < -0.4 is 11.1 Å². The van der Waals surface area contributed by atoms with E-state index in [1.807, 2.05) is 13.8 Å². The summed E-state index contributed by atoms with van der Waals surface area (Å²) >= 11 is 0. The number of aliphatic hydroxyl groups is 1. The van der Waals surface area contributed by atoms with Crippen LogP contribution in [0.4, 0.5) is 4.79 Å². The zero-order valence-electron chi connectivity index (χ0n) is 11.8. The number of urea groups is 1. The zero-order valence-corrected chi connectivity index (χ0v) is 11.8. The molecule has 1 fully saturated rings. The lowest BCUT2D eigenvalue weighted by Gasteiger charge is -2.38. The van der Waals surface area contributed by atoms with Crippen LogP contribution in [0.1, 0.15) is 39.5 Å². The molecule has 110 valence electrons. The molecule has 1 heterocycles. The van der Waals surface area contributed by atoms with Gasteiger partial charge in [0.15, 0.2) is 0 Å². The molecule has 2 atom stereocenters. The summed E-state index contributed by atoms with van der Waals surface area (Å²) in [7, 11) is 0. The van der Waals surface area contributed by atoms with Crippen molar-refractivity contribution < 1.29 is 14.7 Å². The number of hydrogen-bond donors (Lipinski definition) is 3. The van der Waals surface area contributed by atoms with E-state index in [0.717, 1.165) is 19.3 Å². The van der Waals surface area contributed by atoms with Gasteiger partial charge in [-0.15, -0.1) is 0 Å². The van der Waals surface area contributed by atoms with Gasteiger partial charge in [0.25, 0.3) is 0 Å². The van der Waals surface area contributed by atoms with Crippen molar-refractivity contribution >= 4 is 11.9 Å². The fraction of sp³-hybridized carbons (Fsp3) is 0.846. The van der Waals surface area contributed by atoms with E-state index in [4.69, 9.17) is 10.8 Å². The van der Waals surface area contributed by atoms with Crippen LogP contribution in [-0.2, 0) is 4.79 Å². The second-order valence-corrected chi connectivity index (χ2v) is 5.42. The van der Waals surface area contributed by atoms with Gasteiger partial charge in [0, 0.05) is 19.2 Å². The van der Waals surface area contributed by atoms with Gasteiger partial charge in [-0.05, 0) is 31.6 Å². The van der Waals surface area contributed by atoms with Gasteiger partial charge in [-0.1, -0.05) is 13.8 Å². The Hall–Kier alpha value is -1.30. The lowest BCUT2D eigenvalue weighted by molar-refractivity contribution is -0.138. The topological polar surface area (TPSA) is 95.7 Å². The first-order chi connectivity index (χ1) is 8.97. The Labute approximate surface area is 114 Å². The summed E-state index contributed by atoms with van der Waals surface area (Å²) in [5, 5.41) is 11.6. The van der Waals surface area contributed by atoms with Crippen LogP contribution in [0.2, 0.25) is 0 Å². The Morgan fingerprint density at radius 2 is 2.11 bits per heavy atom. The smallest absolute Gasteiger partial charge is 0.312 e. The summed E-state index contributed by atoms with van der Waals surface area (Å²) in [5.41, 5.74) is 5.13. The Morgan fingerprint density at radius 1 is 1.42 bits per heavy atom. The molecule has 0 aromatic carbocycles. The van der Waals surface area contributed by atoms with Gasteiger partial charge in [0.05, 0.1) is 0 Å². The second-order valence-electron chi connectivity index (χ2n) is 5.42. The molecule has 1 aliphatic rings. The number of likely N-dealkylation sites (tertiary alicyclic amines) is 1. The molecule has 19 heavy (non-hydrogen) atoms. The number of aliphatic hydroxyl groups excluding tert-OH is 1. The van der Waals surface area contributed by atoms with E-state index in [9.17, 15) is 9.59 Å². The highest BCUT2D eigenvalue weighted by Gasteiger charge is 2.33. The third-order valence-corrected chi connectivity index (χ3v) is 3.60. The first-order valence-electron chi connectivity index (χ1n) is 6.94. The molecule has 0 spiro atoms. The molecular weight excluding hydrogens is 246 g/mol. The molecule has 6 heteroatoms. The summed E-state index contributed by atoms with van der Waals surface area (Å²) in [6.45, 7) is 4.52. The minimum Gasteiger partial charge on any atom is -0.396 e. The Bertz CT molecular complexity index is 318. The maximum atomic E-state index is 12.5. The van der Waals surface area contributed by atoms with Gasteiger partial charge < -0.3 is 21.1 Å². The normalized spacial score (nSPS) is 21.3. The van der Waals surface area contributed by atoms with E-state index in [0.29, 0.717) is 13.0 Å². The van der Waals surface area contributed by atoms with Crippen LogP contribution in [0.15, 0.2) is 0 Å². The van der Waals surface area contributed by atoms with Gasteiger partial charge >= 0.3 is 6.03 Å². The molecule has 0 bridgehead atoms. The van der Waals surface area contributed by atoms with Crippen molar-refractivity contribution in [2.24, 2.45) is 11.7 Å². The Morgan fingerprint density at radius 3 is 2.63 bits per heavy atom. The SMILES string of the molecule is CC(C)C(NC(N)=O)C(=O)N1CCCCC1CCO. The van der Waals surface area contributed by atoms with E-state index in [1.165, 1.54) is 0 Å². The number of carbonyl (C=O) groups is 2. The molecule has 0 aliphatic carbocycles. The Kier molecular flexibility index (Phi) is 6.08. The fourth-order valence-electron chi connectivity index (χ4n) is 2.59. The summed E-state index contributed by atoms with van der Waals surface area (Å²) in [5.74, 6) is -0.108. The van der Waals surface area contributed by atoms with Gasteiger partial charge in [-0.3, -0.25) is 4.79 Å². The zero-order chi connectivity index (χ0) is 14.4. The summed E-state index contributed by atoms with van der Waals surface area (Å²) in [6.07, 6.45) is 3.54. The number of nitrogens with zero attached hydrogens (tertiary/aromatic N) is 1. The monoisotopic (exact) mass is 271 g/mol. The average Bonchev–Trinajstić information content (AvgIpc) is 2.36. The summed E-state index contributed by atoms with van der Waals surface area (Å²) in [6, 6.07) is -1.19. The Balaban J connectivity index is 2.77. The van der Waals surface area contributed by atoms with Crippen molar-refractivity contribution in [3.63, 3.8) is 0 Å². The number of nitrogens with one attached hydrogen (secondary N) is 1. The van der Waals surface area contributed by atoms with Crippen molar-refractivity contribution in [3.05, 3.63) is 0 Å². The third-order valence-electron chi connectivity index (χ3n) is 3.60. The van der Waals surface area contributed by atoms with E-state index < -0.39 is 12.1 Å². The molecule has 0 radical (unpaired) electrons. The van der Waals surface area contributed by atoms with Gasteiger partial charge in [-0.2, -0.15) is 0 Å². The molecule has 1 aliphatic heterocycles. The third kappa shape index (κ3) is 4.38. The number of carbonyl (C=O) groups excluding carboxylic acids is 2.